The molecule has 2 rings (SSSR count). The molecule has 0 saturated carbocycles. The van der Waals surface area contributed by atoms with E-state index >= 15 is 0 Å². The molecule has 2 heterocycles. The van der Waals surface area contributed by atoms with Crippen LogP contribution >= 0.6 is 11.3 Å². The maximum absolute atomic E-state index is 6.01. The molecule has 2 N–H and O–H groups in total. The minimum atomic E-state index is 0.194. The van der Waals surface area contributed by atoms with Crippen molar-refractivity contribution in [2.75, 3.05) is 13.6 Å². The van der Waals surface area contributed by atoms with Crippen molar-refractivity contribution in [2.45, 2.75) is 38.9 Å². The third kappa shape index (κ3) is 3.11. The lowest BCUT2D eigenvalue weighted by atomic mass is 10.1. The van der Waals surface area contributed by atoms with Crippen molar-refractivity contribution in [2.24, 2.45) is 5.73 Å². The van der Waals surface area contributed by atoms with Gasteiger partial charge in [-0.05, 0) is 39.3 Å². The number of rotatable bonds is 6. The second kappa shape index (κ2) is 6.52. The molecule has 2 aromatic heterocycles. The highest BCUT2D eigenvalue weighted by atomic mass is 32.1. The van der Waals surface area contributed by atoms with Crippen molar-refractivity contribution < 1.29 is 0 Å². The molecule has 0 radical (unpaired) electrons. The Morgan fingerprint density at radius 3 is 2.65 bits per heavy atom. The number of nitrogens with two attached hydrogens (primary N) is 1. The van der Waals surface area contributed by atoms with Crippen LogP contribution < -0.4 is 5.73 Å². The normalized spacial score (nSPS) is 14.9. The maximum atomic E-state index is 6.01. The molecule has 2 atom stereocenters. The van der Waals surface area contributed by atoms with Crippen LogP contribution in [-0.4, -0.2) is 28.3 Å². The molecule has 110 valence electrons. The first-order chi connectivity index (χ1) is 9.54. The van der Waals surface area contributed by atoms with Gasteiger partial charge in [0, 0.05) is 35.3 Å². The van der Waals surface area contributed by atoms with Crippen LogP contribution in [0.2, 0.25) is 0 Å². The van der Waals surface area contributed by atoms with Gasteiger partial charge in [-0.3, -0.25) is 9.58 Å². The SMILES string of the molecule is CC(c1cccs1)N(C)C(CN)c1cnn(C(C)C)c1. The van der Waals surface area contributed by atoms with E-state index in [1.807, 2.05) is 10.9 Å². The second-order valence-corrected chi connectivity index (χ2v) is 6.44. The summed E-state index contributed by atoms with van der Waals surface area (Å²) in [5.41, 5.74) is 7.19. The lowest BCUT2D eigenvalue weighted by Gasteiger charge is -2.31. The second-order valence-electron chi connectivity index (χ2n) is 5.46. The van der Waals surface area contributed by atoms with E-state index in [4.69, 9.17) is 5.73 Å². The third-order valence-corrected chi connectivity index (χ3v) is 4.86. The Labute approximate surface area is 125 Å². The maximum Gasteiger partial charge on any atom is 0.0538 e. The fourth-order valence-electron chi connectivity index (χ4n) is 2.34. The molecule has 0 saturated heterocycles. The molecule has 0 bridgehead atoms. The Hall–Kier alpha value is -1.17. The topological polar surface area (TPSA) is 47.1 Å². The summed E-state index contributed by atoms with van der Waals surface area (Å²) in [6.45, 7) is 7.08. The molecule has 2 unspecified atom stereocenters. The largest absolute Gasteiger partial charge is 0.329 e. The molecule has 0 aliphatic rings. The van der Waals surface area contributed by atoms with Crippen LogP contribution in [0.4, 0.5) is 0 Å². The molecule has 0 fully saturated rings. The smallest absolute Gasteiger partial charge is 0.0538 e. The van der Waals surface area contributed by atoms with Crippen LogP contribution in [0.3, 0.4) is 0 Å². The van der Waals surface area contributed by atoms with Gasteiger partial charge in [0.25, 0.3) is 0 Å². The summed E-state index contributed by atoms with van der Waals surface area (Å²) in [6, 6.07) is 5.20. The molecular formula is C15H24N4S. The predicted octanol–water partition coefficient (Wildman–Crippen LogP) is 3.22. The zero-order valence-corrected chi connectivity index (χ0v) is 13.5. The Morgan fingerprint density at radius 2 is 2.15 bits per heavy atom. The summed E-state index contributed by atoms with van der Waals surface area (Å²) in [7, 11) is 2.13. The van der Waals surface area contributed by atoms with Crippen LogP contribution in [0.25, 0.3) is 0 Å². The van der Waals surface area contributed by atoms with Gasteiger partial charge >= 0.3 is 0 Å². The van der Waals surface area contributed by atoms with Crippen molar-refractivity contribution in [1.29, 1.82) is 0 Å². The van der Waals surface area contributed by atoms with Gasteiger partial charge in [-0.25, -0.2) is 0 Å². The molecule has 5 heteroatoms. The van der Waals surface area contributed by atoms with E-state index in [-0.39, 0.29) is 6.04 Å². The fraction of sp³-hybridized carbons (Fsp3) is 0.533. The zero-order valence-electron chi connectivity index (χ0n) is 12.7. The average Bonchev–Trinajstić information content (AvgIpc) is 3.09. The highest BCUT2D eigenvalue weighted by molar-refractivity contribution is 7.10. The van der Waals surface area contributed by atoms with Gasteiger partial charge in [0.1, 0.15) is 0 Å². The highest BCUT2D eigenvalue weighted by Gasteiger charge is 2.23. The Balaban J connectivity index is 2.18. The Kier molecular flexibility index (Phi) is 4.96. The van der Waals surface area contributed by atoms with Gasteiger partial charge in [-0.1, -0.05) is 6.07 Å². The van der Waals surface area contributed by atoms with Crippen molar-refractivity contribution in [3.8, 4) is 0 Å². The van der Waals surface area contributed by atoms with E-state index in [9.17, 15) is 0 Å². The van der Waals surface area contributed by atoms with E-state index in [1.165, 1.54) is 10.4 Å². The van der Waals surface area contributed by atoms with E-state index in [0.717, 1.165) is 0 Å². The van der Waals surface area contributed by atoms with E-state index in [1.54, 1.807) is 11.3 Å². The number of nitrogens with zero attached hydrogens (tertiary/aromatic N) is 3. The first-order valence-electron chi connectivity index (χ1n) is 7.04. The number of hydrogen-bond acceptors (Lipinski definition) is 4. The van der Waals surface area contributed by atoms with Gasteiger partial charge in [-0.2, -0.15) is 5.10 Å². The molecular weight excluding hydrogens is 268 g/mol. The van der Waals surface area contributed by atoms with Gasteiger partial charge in [0.05, 0.1) is 12.2 Å². The van der Waals surface area contributed by atoms with Crippen molar-refractivity contribution >= 4 is 11.3 Å². The lowest BCUT2D eigenvalue weighted by molar-refractivity contribution is 0.192. The molecule has 4 nitrogen and oxygen atoms in total. The number of hydrogen-bond donors (Lipinski definition) is 1. The summed E-state index contributed by atoms with van der Waals surface area (Å²) in [5.74, 6) is 0. The minimum absolute atomic E-state index is 0.194. The van der Waals surface area contributed by atoms with Crippen LogP contribution in [0.1, 0.15) is 49.3 Å². The number of thiophene rings is 1. The summed E-state index contributed by atoms with van der Waals surface area (Å²) in [4.78, 5) is 3.69. The van der Waals surface area contributed by atoms with Crippen LogP contribution in [0.5, 0.6) is 0 Å². The summed E-state index contributed by atoms with van der Waals surface area (Å²) in [6.07, 6.45) is 4.05. The summed E-state index contributed by atoms with van der Waals surface area (Å²) >= 11 is 1.79. The van der Waals surface area contributed by atoms with Gasteiger partial charge in [0.15, 0.2) is 0 Å². The van der Waals surface area contributed by atoms with Gasteiger partial charge < -0.3 is 5.73 Å². The van der Waals surface area contributed by atoms with Crippen LogP contribution in [0, 0.1) is 0 Å². The van der Waals surface area contributed by atoms with Gasteiger partial charge in [-0.15, -0.1) is 11.3 Å². The van der Waals surface area contributed by atoms with E-state index < -0.39 is 0 Å². The van der Waals surface area contributed by atoms with Crippen LogP contribution in [-0.2, 0) is 0 Å². The van der Waals surface area contributed by atoms with E-state index in [2.05, 4.69) is 61.5 Å². The fourth-order valence-corrected chi connectivity index (χ4v) is 3.18. The Bertz CT molecular complexity index is 518. The molecule has 0 spiro atoms. The standard InChI is InChI=1S/C15H24N4S/c1-11(2)19-10-13(9-17-19)14(8-16)18(4)12(3)15-6-5-7-20-15/h5-7,9-12,14H,8,16H2,1-4H3. The third-order valence-electron chi connectivity index (χ3n) is 3.82. The molecule has 20 heavy (non-hydrogen) atoms. The number of likely N-dealkylation sites (N-methyl/N-ethyl adjacent to an activating group) is 1. The average molecular weight is 292 g/mol. The number of aromatic nitrogens is 2. The van der Waals surface area contributed by atoms with Crippen molar-refractivity contribution in [3.63, 3.8) is 0 Å². The highest BCUT2D eigenvalue weighted by Crippen LogP contribution is 2.30. The molecule has 2 aromatic rings. The zero-order chi connectivity index (χ0) is 14.7. The van der Waals surface area contributed by atoms with E-state index in [0.29, 0.717) is 18.6 Å². The van der Waals surface area contributed by atoms with Gasteiger partial charge in [0.2, 0.25) is 0 Å². The predicted molar refractivity (Wildman–Crippen MR) is 84.9 cm³/mol. The molecule has 0 amide bonds. The lowest BCUT2D eigenvalue weighted by Crippen LogP contribution is -2.32. The molecule has 0 aliphatic carbocycles. The minimum Gasteiger partial charge on any atom is -0.329 e. The first kappa shape index (κ1) is 15.2. The monoisotopic (exact) mass is 292 g/mol. The van der Waals surface area contributed by atoms with Crippen molar-refractivity contribution in [3.05, 3.63) is 40.3 Å². The quantitative estimate of drug-likeness (QED) is 0.889. The Morgan fingerprint density at radius 1 is 1.40 bits per heavy atom. The molecule has 0 aliphatic heterocycles. The van der Waals surface area contributed by atoms with Crippen LogP contribution in [0.15, 0.2) is 29.9 Å². The summed E-state index contributed by atoms with van der Waals surface area (Å²) < 4.78 is 1.99. The molecule has 0 aromatic carbocycles. The first-order valence-corrected chi connectivity index (χ1v) is 7.92. The van der Waals surface area contributed by atoms with Crippen molar-refractivity contribution in [1.82, 2.24) is 14.7 Å². The summed E-state index contributed by atoms with van der Waals surface area (Å²) in [5, 5.41) is 6.55.